The average Bonchev–Trinajstić information content (AvgIpc) is 3.23. The topological polar surface area (TPSA) is 62.7 Å². The molecule has 0 saturated heterocycles. The minimum absolute atomic E-state index is 0.0777. The Morgan fingerprint density at radius 2 is 2.07 bits per heavy atom. The first-order valence-corrected chi connectivity index (χ1v) is 9.80. The van der Waals surface area contributed by atoms with Gasteiger partial charge in [0.2, 0.25) is 0 Å². The van der Waals surface area contributed by atoms with E-state index >= 15 is 0 Å². The maximum absolute atomic E-state index is 12.9. The Kier molecular flexibility index (Phi) is 5.90. The van der Waals surface area contributed by atoms with Crippen molar-refractivity contribution in [2.75, 3.05) is 18.5 Å². The zero-order chi connectivity index (χ0) is 19.6. The van der Waals surface area contributed by atoms with Gasteiger partial charge in [-0.15, -0.1) is 0 Å². The van der Waals surface area contributed by atoms with Crippen molar-refractivity contribution in [3.05, 3.63) is 53.5 Å². The Bertz CT molecular complexity index is 783. The second-order valence-corrected chi connectivity index (χ2v) is 8.01. The standard InChI is InChI=1S/C22H31N3O2/c1-15(2)19(23)9-11-24(4)22(26)21-18(10-12-27-21)14-25-16(3)13-17-7-5-6-8-20(17)25/h5-8,10,12,15-16,19H,9,11,13-14,23H2,1-4H3. The van der Waals surface area contributed by atoms with Crippen LogP contribution in [0.25, 0.3) is 0 Å². The molecule has 1 aliphatic heterocycles. The summed E-state index contributed by atoms with van der Waals surface area (Å²) in [6.45, 7) is 7.73. The van der Waals surface area contributed by atoms with Crippen molar-refractivity contribution in [1.29, 1.82) is 0 Å². The van der Waals surface area contributed by atoms with Gasteiger partial charge in [-0.3, -0.25) is 4.79 Å². The number of hydrogen-bond acceptors (Lipinski definition) is 4. The molecule has 5 heteroatoms. The van der Waals surface area contributed by atoms with Crippen molar-refractivity contribution in [2.24, 2.45) is 11.7 Å². The number of amides is 1. The van der Waals surface area contributed by atoms with Crippen LogP contribution in [0, 0.1) is 5.92 Å². The summed E-state index contributed by atoms with van der Waals surface area (Å²) in [7, 11) is 1.81. The molecule has 1 aliphatic rings. The highest BCUT2D eigenvalue weighted by Gasteiger charge is 2.28. The van der Waals surface area contributed by atoms with Crippen LogP contribution >= 0.6 is 0 Å². The molecule has 1 aromatic heterocycles. The fourth-order valence-corrected chi connectivity index (χ4v) is 3.65. The highest BCUT2D eigenvalue weighted by atomic mass is 16.3. The second-order valence-electron chi connectivity index (χ2n) is 8.01. The number of benzene rings is 1. The number of carbonyl (C=O) groups excluding carboxylic acids is 1. The smallest absolute Gasteiger partial charge is 0.289 e. The number of nitrogens with zero attached hydrogens (tertiary/aromatic N) is 2. The van der Waals surface area contributed by atoms with Gasteiger partial charge in [0.15, 0.2) is 5.76 Å². The summed E-state index contributed by atoms with van der Waals surface area (Å²) in [6, 6.07) is 10.9. The molecular weight excluding hydrogens is 338 g/mol. The molecular formula is C22H31N3O2. The molecule has 0 fully saturated rings. The SMILES string of the molecule is CC(C)C(N)CCN(C)C(=O)c1occc1CN1c2ccccc2CC1C. The summed E-state index contributed by atoms with van der Waals surface area (Å²) in [5.41, 5.74) is 9.66. The van der Waals surface area contributed by atoms with E-state index < -0.39 is 0 Å². The summed E-state index contributed by atoms with van der Waals surface area (Å²) in [4.78, 5) is 16.9. The zero-order valence-corrected chi connectivity index (χ0v) is 16.8. The van der Waals surface area contributed by atoms with E-state index in [0.717, 1.165) is 18.4 Å². The number of rotatable bonds is 7. The van der Waals surface area contributed by atoms with Crippen LogP contribution in [0.2, 0.25) is 0 Å². The van der Waals surface area contributed by atoms with Gasteiger partial charge in [0.25, 0.3) is 5.91 Å². The van der Waals surface area contributed by atoms with Gasteiger partial charge in [0.05, 0.1) is 6.26 Å². The number of carbonyl (C=O) groups is 1. The van der Waals surface area contributed by atoms with E-state index in [1.165, 1.54) is 11.3 Å². The zero-order valence-electron chi connectivity index (χ0n) is 16.8. The Hall–Kier alpha value is -2.27. The molecule has 27 heavy (non-hydrogen) atoms. The van der Waals surface area contributed by atoms with Gasteiger partial charge in [-0.2, -0.15) is 0 Å². The Balaban J connectivity index is 1.70. The van der Waals surface area contributed by atoms with Crippen LogP contribution in [0.15, 0.2) is 41.0 Å². The maximum atomic E-state index is 12.9. The molecule has 3 rings (SSSR count). The van der Waals surface area contributed by atoms with Crippen LogP contribution in [-0.4, -0.2) is 36.5 Å². The summed E-state index contributed by atoms with van der Waals surface area (Å²) in [5, 5.41) is 0. The van der Waals surface area contributed by atoms with Crippen molar-refractivity contribution in [3.8, 4) is 0 Å². The van der Waals surface area contributed by atoms with Gasteiger partial charge in [-0.05, 0) is 43.4 Å². The van der Waals surface area contributed by atoms with Gasteiger partial charge in [0, 0.05) is 43.5 Å². The average molecular weight is 370 g/mol. The monoisotopic (exact) mass is 369 g/mol. The molecule has 0 aliphatic carbocycles. The molecule has 0 saturated carbocycles. The third-order valence-corrected chi connectivity index (χ3v) is 5.63. The highest BCUT2D eigenvalue weighted by Crippen LogP contribution is 2.33. The molecule has 2 N–H and O–H groups in total. The quantitative estimate of drug-likeness (QED) is 0.809. The number of furan rings is 1. The number of anilines is 1. The minimum Gasteiger partial charge on any atom is -0.459 e. The molecule has 2 atom stereocenters. The first-order valence-electron chi connectivity index (χ1n) is 9.80. The van der Waals surface area contributed by atoms with Gasteiger partial charge in [0.1, 0.15) is 0 Å². The molecule has 2 unspecified atom stereocenters. The molecule has 2 aromatic rings. The van der Waals surface area contributed by atoms with Crippen LogP contribution in [0.1, 0.15) is 48.9 Å². The van der Waals surface area contributed by atoms with Crippen molar-refractivity contribution < 1.29 is 9.21 Å². The van der Waals surface area contributed by atoms with Crippen molar-refractivity contribution in [2.45, 2.75) is 52.2 Å². The summed E-state index contributed by atoms with van der Waals surface area (Å²) in [6.07, 6.45) is 3.43. The third-order valence-electron chi connectivity index (χ3n) is 5.63. The normalized spacial score (nSPS) is 17.3. The molecule has 2 heterocycles. The van der Waals surface area contributed by atoms with E-state index in [9.17, 15) is 4.79 Å². The Morgan fingerprint density at radius 1 is 1.33 bits per heavy atom. The maximum Gasteiger partial charge on any atom is 0.289 e. The molecule has 5 nitrogen and oxygen atoms in total. The lowest BCUT2D eigenvalue weighted by Crippen LogP contribution is -2.35. The van der Waals surface area contributed by atoms with Crippen molar-refractivity contribution in [1.82, 2.24) is 4.90 Å². The van der Waals surface area contributed by atoms with E-state index in [1.54, 1.807) is 11.2 Å². The highest BCUT2D eigenvalue weighted by molar-refractivity contribution is 5.92. The fourth-order valence-electron chi connectivity index (χ4n) is 3.65. The lowest BCUT2D eigenvalue weighted by molar-refractivity contribution is 0.0756. The first-order chi connectivity index (χ1) is 12.9. The number of nitrogens with two attached hydrogens (primary N) is 1. The Morgan fingerprint density at radius 3 is 2.81 bits per heavy atom. The van der Waals surface area contributed by atoms with Crippen LogP contribution in [0.4, 0.5) is 5.69 Å². The third kappa shape index (κ3) is 4.19. The van der Waals surface area contributed by atoms with Crippen LogP contribution < -0.4 is 10.6 Å². The van der Waals surface area contributed by atoms with Gasteiger partial charge < -0.3 is 20.0 Å². The second kappa shape index (κ2) is 8.17. The molecule has 0 radical (unpaired) electrons. The summed E-state index contributed by atoms with van der Waals surface area (Å²) < 4.78 is 5.59. The molecule has 1 amide bonds. The summed E-state index contributed by atoms with van der Waals surface area (Å²) in [5.74, 6) is 0.766. The summed E-state index contributed by atoms with van der Waals surface area (Å²) >= 11 is 0. The van der Waals surface area contributed by atoms with Gasteiger partial charge in [-0.1, -0.05) is 32.0 Å². The lowest BCUT2D eigenvalue weighted by Gasteiger charge is -2.25. The predicted octanol–water partition coefficient (Wildman–Crippen LogP) is 3.68. The van der Waals surface area contributed by atoms with Crippen molar-refractivity contribution >= 4 is 11.6 Å². The Labute approximate surface area is 162 Å². The molecule has 0 spiro atoms. The van der Waals surface area contributed by atoms with Gasteiger partial charge in [-0.25, -0.2) is 0 Å². The largest absolute Gasteiger partial charge is 0.459 e. The van der Waals surface area contributed by atoms with E-state index in [0.29, 0.717) is 30.8 Å². The minimum atomic E-state index is -0.0777. The van der Waals surface area contributed by atoms with Crippen LogP contribution in [0.3, 0.4) is 0 Å². The van der Waals surface area contributed by atoms with Crippen molar-refractivity contribution in [3.63, 3.8) is 0 Å². The molecule has 0 bridgehead atoms. The van der Waals surface area contributed by atoms with E-state index in [-0.39, 0.29) is 11.9 Å². The number of para-hydroxylation sites is 1. The predicted molar refractivity (Wildman–Crippen MR) is 109 cm³/mol. The van der Waals surface area contributed by atoms with Gasteiger partial charge >= 0.3 is 0 Å². The molecule has 1 aromatic carbocycles. The van der Waals surface area contributed by atoms with Crippen LogP contribution in [-0.2, 0) is 13.0 Å². The number of fused-ring (bicyclic) bond motifs is 1. The van der Waals surface area contributed by atoms with E-state index in [1.807, 2.05) is 13.1 Å². The first kappa shape index (κ1) is 19.5. The molecule has 146 valence electrons. The fraction of sp³-hybridized carbons (Fsp3) is 0.500. The lowest BCUT2D eigenvalue weighted by atomic mass is 10.0. The van der Waals surface area contributed by atoms with E-state index in [2.05, 4.69) is 49.9 Å². The van der Waals surface area contributed by atoms with E-state index in [4.69, 9.17) is 10.2 Å². The number of hydrogen-bond donors (Lipinski definition) is 1. The van der Waals surface area contributed by atoms with Crippen LogP contribution in [0.5, 0.6) is 0 Å².